The molecular formula is C36H27NO10S. The highest BCUT2D eigenvalue weighted by Crippen LogP contribution is 2.42. The van der Waals surface area contributed by atoms with E-state index in [1.54, 1.807) is 54.6 Å². The van der Waals surface area contributed by atoms with Crippen LogP contribution in [-0.2, 0) is 23.9 Å². The summed E-state index contributed by atoms with van der Waals surface area (Å²) in [5.41, 5.74) is 1.87. The lowest BCUT2D eigenvalue weighted by Crippen LogP contribution is -2.28. The minimum absolute atomic E-state index is 0.0491. The molecule has 0 bridgehead atoms. The third-order valence-electron chi connectivity index (χ3n) is 7.85. The highest BCUT2D eigenvalue weighted by Gasteiger charge is 2.36. The largest absolute Gasteiger partial charge is 0.508 e. The van der Waals surface area contributed by atoms with Crippen LogP contribution in [0.3, 0.4) is 0 Å². The fraction of sp³-hybridized carbons (Fsp3) is 0.167. The maximum absolute atomic E-state index is 13.7. The molecule has 1 saturated carbocycles. The van der Waals surface area contributed by atoms with E-state index in [1.165, 1.54) is 30.3 Å². The highest BCUT2D eigenvalue weighted by molar-refractivity contribution is 8.00. The second kappa shape index (κ2) is 13.5. The number of aromatic hydroxyl groups is 1. The van der Waals surface area contributed by atoms with Gasteiger partial charge in [0.15, 0.2) is 17.0 Å². The summed E-state index contributed by atoms with van der Waals surface area (Å²) in [6, 6.07) is 21.8. The molecule has 1 heterocycles. The van der Waals surface area contributed by atoms with E-state index in [0.717, 1.165) is 11.8 Å². The van der Waals surface area contributed by atoms with Crippen LogP contribution >= 0.6 is 11.8 Å². The number of hydrogen-bond acceptors (Lipinski definition) is 10. The third-order valence-corrected chi connectivity index (χ3v) is 9.11. The molecule has 1 aliphatic heterocycles. The van der Waals surface area contributed by atoms with Gasteiger partial charge in [-0.1, -0.05) is 36.4 Å². The van der Waals surface area contributed by atoms with Crippen molar-refractivity contribution in [3.8, 4) is 28.2 Å². The zero-order chi connectivity index (χ0) is 33.9. The molecule has 0 radical (unpaired) electrons. The number of phenols is 1. The summed E-state index contributed by atoms with van der Waals surface area (Å²) in [6.07, 6.45) is -1.41. The van der Waals surface area contributed by atoms with Crippen molar-refractivity contribution in [2.45, 2.75) is 30.6 Å². The van der Waals surface area contributed by atoms with Crippen molar-refractivity contribution in [1.29, 1.82) is 0 Å². The Balaban J connectivity index is 1.27. The number of carboxylic acids is 1. The molecule has 3 aliphatic rings. The number of anilines is 1. The molecule has 48 heavy (non-hydrogen) atoms. The first-order valence-electron chi connectivity index (χ1n) is 14.9. The van der Waals surface area contributed by atoms with Crippen LogP contribution in [0.15, 0.2) is 94.1 Å². The number of carboxylic acid groups (broad SMARTS) is 1. The number of nitrogens with one attached hydrogen (secondary N) is 1. The van der Waals surface area contributed by atoms with Crippen molar-refractivity contribution in [2.24, 2.45) is 0 Å². The van der Waals surface area contributed by atoms with Crippen molar-refractivity contribution in [1.82, 2.24) is 0 Å². The van der Waals surface area contributed by atoms with Gasteiger partial charge in [-0.25, -0.2) is 4.79 Å². The number of rotatable bonds is 10. The number of fused-ring (bicyclic) bond motifs is 2. The van der Waals surface area contributed by atoms with Gasteiger partial charge >= 0.3 is 11.9 Å². The molecule has 3 N–H and O–H groups in total. The van der Waals surface area contributed by atoms with Crippen LogP contribution < -0.4 is 10.7 Å². The smallest absolute Gasteiger partial charge is 0.336 e. The van der Waals surface area contributed by atoms with E-state index in [9.17, 15) is 39.0 Å². The Hall–Kier alpha value is -5.75. The Morgan fingerprint density at radius 2 is 1.62 bits per heavy atom. The Morgan fingerprint density at radius 1 is 0.896 bits per heavy atom. The molecule has 1 unspecified atom stereocenters. The van der Waals surface area contributed by atoms with Crippen LogP contribution in [0.1, 0.15) is 40.4 Å². The molecular weight excluding hydrogens is 638 g/mol. The Morgan fingerprint density at radius 3 is 2.35 bits per heavy atom. The number of phenolic OH excluding ortho intramolecular Hbond substituents is 1. The van der Waals surface area contributed by atoms with E-state index < -0.39 is 40.8 Å². The Bertz CT molecular complexity index is 2110. The molecule has 6 rings (SSSR count). The molecule has 3 aromatic rings. The van der Waals surface area contributed by atoms with E-state index in [2.05, 4.69) is 5.32 Å². The van der Waals surface area contributed by atoms with Gasteiger partial charge in [-0.3, -0.25) is 24.0 Å². The summed E-state index contributed by atoms with van der Waals surface area (Å²) in [5.74, 6) is -3.04. The molecule has 1 amide bonds. The summed E-state index contributed by atoms with van der Waals surface area (Å²) in [5, 5.41) is 22.8. The normalized spacial score (nSPS) is 13.9. The van der Waals surface area contributed by atoms with Crippen molar-refractivity contribution in [2.75, 3.05) is 11.1 Å². The van der Waals surface area contributed by atoms with E-state index in [0.29, 0.717) is 27.6 Å². The fourth-order valence-electron chi connectivity index (χ4n) is 5.60. The monoisotopic (exact) mass is 665 g/mol. The lowest BCUT2D eigenvalue weighted by Gasteiger charge is -2.19. The fourth-order valence-corrected chi connectivity index (χ4v) is 6.68. The molecule has 11 nitrogen and oxygen atoms in total. The molecule has 1 atom stereocenters. The summed E-state index contributed by atoms with van der Waals surface area (Å²) >= 11 is 1.15. The molecule has 2 aliphatic carbocycles. The predicted molar refractivity (Wildman–Crippen MR) is 177 cm³/mol. The quantitative estimate of drug-likeness (QED) is 0.0959. The van der Waals surface area contributed by atoms with Crippen molar-refractivity contribution >= 4 is 57.8 Å². The average Bonchev–Trinajstić information content (AvgIpc) is 3.38. The number of ketones is 2. The SMILES string of the molecule is O=C(CCSC(C(=O)Nc1ccc(-c2c3ccc(=O)cc-3oc3cc(O)ccc23)c(C(=O)O)c1)c1ccccc1)OC1C(=O)CCC1=O. The van der Waals surface area contributed by atoms with Gasteiger partial charge in [0.25, 0.3) is 0 Å². The molecule has 242 valence electrons. The molecule has 0 spiro atoms. The number of hydrogen-bond donors (Lipinski definition) is 3. The van der Waals surface area contributed by atoms with Gasteiger partial charge < -0.3 is 24.7 Å². The number of esters is 1. The number of amides is 1. The summed E-state index contributed by atoms with van der Waals surface area (Å²) < 4.78 is 11.0. The van der Waals surface area contributed by atoms with Gasteiger partial charge in [0.2, 0.25) is 12.0 Å². The summed E-state index contributed by atoms with van der Waals surface area (Å²) in [6.45, 7) is 0. The van der Waals surface area contributed by atoms with Gasteiger partial charge in [-0.15, -0.1) is 11.8 Å². The Labute approximate surface area is 276 Å². The zero-order valence-corrected chi connectivity index (χ0v) is 26.0. The number of Topliss-reactive ketones (excluding diaryl/α,β-unsaturated/α-hetero) is 2. The van der Waals surface area contributed by atoms with Crippen molar-refractivity contribution in [3.63, 3.8) is 0 Å². The van der Waals surface area contributed by atoms with E-state index in [4.69, 9.17) is 9.15 Å². The Kier molecular flexibility index (Phi) is 9.08. The van der Waals surface area contributed by atoms with Crippen LogP contribution in [0.2, 0.25) is 0 Å². The molecule has 12 heteroatoms. The zero-order valence-electron chi connectivity index (χ0n) is 25.1. The number of aromatic carboxylic acids is 1. The van der Waals surface area contributed by atoms with Crippen LogP contribution in [0.5, 0.6) is 5.75 Å². The minimum Gasteiger partial charge on any atom is -0.508 e. The van der Waals surface area contributed by atoms with Gasteiger partial charge in [0.05, 0.1) is 12.0 Å². The van der Waals surface area contributed by atoms with E-state index >= 15 is 0 Å². The number of thioether (sulfide) groups is 1. The van der Waals surface area contributed by atoms with Crippen LogP contribution in [0.25, 0.3) is 33.4 Å². The van der Waals surface area contributed by atoms with Crippen molar-refractivity contribution in [3.05, 3.63) is 106 Å². The molecule has 0 aromatic heterocycles. The number of carbonyl (C=O) groups is 5. The summed E-state index contributed by atoms with van der Waals surface area (Å²) in [7, 11) is 0. The second-order valence-corrected chi connectivity index (χ2v) is 12.3. The lowest BCUT2D eigenvalue weighted by atomic mass is 9.90. The number of benzene rings is 4. The van der Waals surface area contributed by atoms with E-state index in [-0.39, 0.29) is 58.8 Å². The first-order chi connectivity index (χ1) is 23.1. The third kappa shape index (κ3) is 6.69. The lowest BCUT2D eigenvalue weighted by molar-refractivity contribution is -0.157. The van der Waals surface area contributed by atoms with Crippen molar-refractivity contribution < 1.29 is 43.3 Å². The van der Waals surface area contributed by atoms with Crippen LogP contribution in [0, 0.1) is 0 Å². The van der Waals surface area contributed by atoms with E-state index in [1.807, 2.05) is 0 Å². The minimum atomic E-state index is -1.36. The second-order valence-electron chi connectivity index (χ2n) is 11.1. The molecule has 1 fully saturated rings. The van der Waals surface area contributed by atoms with Gasteiger partial charge in [-0.2, -0.15) is 0 Å². The van der Waals surface area contributed by atoms with Gasteiger partial charge in [-0.05, 0) is 47.5 Å². The first-order valence-corrected chi connectivity index (χ1v) is 15.9. The average molecular weight is 666 g/mol. The van der Waals surface area contributed by atoms with Gasteiger partial charge in [0.1, 0.15) is 22.3 Å². The maximum Gasteiger partial charge on any atom is 0.336 e. The highest BCUT2D eigenvalue weighted by atomic mass is 32.2. The topological polar surface area (TPSA) is 177 Å². The number of ether oxygens (including phenoxy) is 1. The molecule has 3 aromatic carbocycles. The maximum atomic E-state index is 13.7. The molecule has 0 saturated heterocycles. The van der Waals surface area contributed by atoms with Crippen LogP contribution in [0.4, 0.5) is 5.69 Å². The predicted octanol–water partition coefficient (Wildman–Crippen LogP) is 5.62. The summed E-state index contributed by atoms with van der Waals surface area (Å²) in [4.78, 5) is 74.5. The number of carbonyl (C=O) groups excluding carboxylic acids is 4. The van der Waals surface area contributed by atoms with Gasteiger partial charge in [0, 0.05) is 52.9 Å². The van der Waals surface area contributed by atoms with Crippen LogP contribution in [-0.4, -0.2) is 51.5 Å². The first kappa shape index (κ1) is 32.2. The standard InChI is InChI=1S/C36H27NO10S/c38-21-7-10-24-29(17-21)46-30-18-22(39)8-11-25(30)32(24)23-9-6-20(16-26(23)36(44)45)37-35(43)34(19-4-2-1-3-5-19)48-15-14-31(42)47-33-27(40)12-13-28(33)41/h1-11,16-18,33-34,38H,12-15H2,(H,37,43)(H,44,45).